The maximum Gasteiger partial charge on any atom is 0.119 e. The zero-order valence-corrected chi connectivity index (χ0v) is 11.9. The number of benzene rings is 1. The minimum absolute atomic E-state index is 0.178. The van der Waals surface area contributed by atoms with Crippen LogP contribution in [-0.4, -0.2) is 44.4 Å². The first-order chi connectivity index (χ1) is 9.26. The highest BCUT2D eigenvalue weighted by Gasteiger charge is 2.19. The van der Waals surface area contributed by atoms with Crippen molar-refractivity contribution in [1.29, 1.82) is 0 Å². The van der Waals surface area contributed by atoms with Crippen molar-refractivity contribution in [2.24, 2.45) is 5.73 Å². The zero-order chi connectivity index (χ0) is 13.7. The number of hydrogen-bond donors (Lipinski definition) is 1. The number of ether oxygens (including phenoxy) is 2. The number of rotatable bonds is 5. The summed E-state index contributed by atoms with van der Waals surface area (Å²) in [6.45, 7) is 6.42. The topological polar surface area (TPSA) is 47.7 Å². The minimum atomic E-state index is 0.178. The lowest BCUT2D eigenvalue weighted by molar-refractivity contribution is -0.0261. The van der Waals surface area contributed by atoms with Crippen LogP contribution in [0.3, 0.4) is 0 Å². The fraction of sp³-hybridized carbons (Fsp3) is 0.600. The molecule has 1 aromatic carbocycles. The van der Waals surface area contributed by atoms with E-state index < -0.39 is 0 Å². The van der Waals surface area contributed by atoms with Gasteiger partial charge in [-0.15, -0.1) is 0 Å². The van der Waals surface area contributed by atoms with Gasteiger partial charge in [0.2, 0.25) is 0 Å². The molecule has 0 bridgehead atoms. The molecule has 1 atom stereocenters. The van der Waals surface area contributed by atoms with Gasteiger partial charge in [0.1, 0.15) is 5.75 Å². The molecule has 0 radical (unpaired) electrons. The largest absolute Gasteiger partial charge is 0.497 e. The Balaban J connectivity index is 2.05. The molecule has 0 aliphatic carbocycles. The van der Waals surface area contributed by atoms with Gasteiger partial charge in [-0.1, -0.05) is 13.0 Å². The van der Waals surface area contributed by atoms with Crippen LogP contribution >= 0.6 is 0 Å². The molecule has 2 N–H and O–H groups in total. The zero-order valence-electron chi connectivity index (χ0n) is 11.9. The van der Waals surface area contributed by atoms with E-state index >= 15 is 0 Å². The van der Waals surface area contributed by atoms with Crippen molar-refractivity contribution >= 4 is 0 Å². The van der Waals surface area contributed by atoms with Crippen molar-refractivity contribution in [3.05, 3.63) is 29.3 Å². The lowest BCUT2D eigenvalue weighted by Crippen LogP contribution is -2.45. The molecule has 4 nitrogen and oxygen atoms in total. The standard InChI is InChI=1S/C15H24N2O2/c1-3-12-8-14(18-2)5-4-13(12)10-17-6-7-19-15(9-16)11-17/h4-5,8,15H,3,6-7,9-11,16H2,1-2H3. The van der Waals surface area contributed by atoms with Gasteiger partial charge in [0.15, 0.2) is 0 Å². The number of morpholine rings is 1. The van der Waals surface area contributed by atoms with E-state index in [-0.39, 0.29) is 6.10 Å². The predicted molar refractivity (Wildman–Crippen MR) is 76.4 cm³/mol. The molecule has 1 aromatic rings. The number of nitrogens with zero attached hydrogens (tertiary/aromatic N) is 1. The molecule has 4 heteroatoms. The van der Waals surface area contributed by atoms with Crippen LogP contribution in [-0.2, 0) is 17.7 Å². The molecule has 1 fully saturated rings. The van der Waals surface area contributed by atoms with E-state index in [9.17, 15) is 0 Å². The maximum absolute atomic E-state index is 5.68. The number of hydrogen-bond acceptors (Lipinski definition) is 4. The Labute approximate surface area is 115 Å². The summed E-state index contributed by atoms with van der Waals surface area (Å²) in [6.07, 6.45) is 1.20. The molecule has 0 amide bonds. The molecule has 0 aromatic heterocycles. The number of nitrogens with two attached hydrogens (primary N) is 1. The van der Waals surface area contributed by atoms with Gasteiger partial charge >= 0.3 is 0 Å². The van der Waals surface area contributed by atoms with Gasteiger partial charge in [0.05, 0.1) is 19.8 Å². The highest BCUT2D eigenvalue weighted by molar-refractivity contribution is 5.35. The normalized spacial score (nSPS) is 20.5. The maximum atomic E-state index is 5.68. The van der Waals surface area contributed by atoms with Crippen molar-refractivity contribution in [3.8, 4) is 5.75 Å². The molecule has 1 heterocycles. The van der Waals surface area contributed by atoms with Gasteiger partial charge in [0, 0.05) is 26.2 Å². The summed E-state index contributed by atoms with van der Waals surface area (Å²) >= 11 is 0. The van der Waals surface area contributed by atoms with Gasteiger partial charge in [-0.3, -0.25) is 4.90 Å². The van der Waals surface area contributed by atoms with E-state index in [0.29, 0.717) is 6.54 Å². The van der Waals surface area contributed by atoms with Gasteiger partial charge in [-0.05, 0) is 29.7 Å². The summed E-state index contributed by atoms with van der Waals surface area (Å²) in [4.78, 5) is 2.42. The highest BCUT2D eigenvalue weighted by Crippen LogP contribution is 2.20. The number of methoxy groups -OCH3 is 1. The summed E-state index contributed by atoms with van der Waals surface area (Å²) in [6, 6.07) is 6.34. The van der Waals surface area contributed by atoms with Gasteiger partial charge < -0.3 is 15.2 Å². The first-order valence-corrected chi connectivity index (χ1v) is 6.96. The second-order valence-corrected chi connectivity index (χ2v) is 4.95. The van der Waals surface area contributed by atoms with Crippen LogP contribution in [0.4, 0.5) is 0 Å². The number of aryl methyl sites for hydroxylation is 1. The van der Waals surface area contributed by atoms with Crippen molar-refractivity contribution in [3.63, 3.8) is 0 Å². The van der Waals surface area contributed by atoms with Crippen molar-refractivity contribution < 1.29 is 9.47 Å². The second kappa shape index (κ2) is 6.89. The van der Waals surface area contributed by atoms with Gasteiger partial charge in [-0.25, -0.2) is 0 Å². The fourth-order valence-corrected chi connectivity index (χ4v) is 2.52. The summed E-state index contributed by atoms with van der Waals surface area (Å²) in [7, 11) is 1.71. The van der Waals surface area contributed by atoms with Crippen molar-refractivity contribution in [1.82, 2.24) is 4.90 Å². The van der Waals surface area contributed by atoms with Crippen LogP contribution in [0.5, 0.6) is 5.75 Å². The first kappa shape index (κ1) is 14.3. The molecule has 19 heavy (non-hydrogen) atoms. The SMILES string of the molecule is CCc1cc(OC)ccc1CN1CCOC(CN)C1. The Hall–Kier alpha value is -1.10. The van der Waals surface area contributed by atoms with E-state index in [2.05, 4.69) is 24.0 Å². The molecule has 1 aliphatic rings. The Morgan fingerprint density at radius 3 is 2.95 bits per heavy atom. The summed E-state index contributed by atoms with van der Waals surface area (Å²) in [5.74, 6) is 0.933. The molecule has 0 saturated carbocycles. The third kappa shape index (κ3) is 3.69. The summed E-state index contributed by atoms with van der Waals surface area (Å²) < 4.78 is 10.9. The quantitative estimate of drug-likeness (QED) is 0.873. The molecular formula is C15H24N2O2. The first-order valence-electron chi connectivity index (χ1n) is 6.96. The third-order valence-electron chi connectivity index (χ3n) is 3.67. The van der Waals surface area contributed by atoms with Gasteiger partial charge in [-0.2, -0.15) is 0 Å². The van der Waals surface area contributed by atoms with Crippen molar-refractivity contribution in [2.75, 3.05) is 33.4 Å². The molecule has 106 valence electrons. The lowest BCUT2D eigenvalue weighted by Gasteiger charge is -2.32. The van der Waals surface area contributed by atoms with Crippen LogP contribution in [0.2, 0.25) is 0 Å². The lowest BCUT2D eigenvalue weighted by atomic mass is 10.0. The van der Waals surface area contributed by atoms with Gasteiger partial charge in [0.25, 0.3) is 0 Å². The van der Waals surface area contributed by atoms with Crippen LogP contribution in [0.1, 0.15) is 18.1 Å². The van der Waals surface area contributed by atoms with Crippen LogP contribution in [0.25, 0.3) is 0 Å². The highest BCUT2D eigenvalue weighted by atomic mass is 16.5. The van der Waals surface area contributed by atoms with E-state index in [1.165, 1.54) is 11.1 Å². The molecule has 1 aliphatic heterocycles. The van der Waals surface area contributed by atoms with E-state index in [4.69, 9.17) is 15.2 Å². The third-order valence-corrected chi connectivity index (χ3v) is 3.67. The minimum Gasteiger partial charge on any atom is -0.497 e. The molecular weight excluding hydrogens is 240 g/mol. The Morgan fingerprint density at radius 2 is 2.26 bits per heavy atom. The monoisotopic (exact) mass is 264 g/mol. The average molecular weight is 264 g/mol. The molecule has 0 spiro atoms. The smallest absolute Gasteiger partial charge is 0.119 e. The van der Waals surface area contributed by atoms with Crippen molar-refractivity contribution in [2.45, 2.75) is 26.0 Å². The second-order valence-electron chi connectivity index (χ2n) is 4.95. The summed E-state index contributed by atoms with van der Waals surface area (Å²) in [5.41, 5.74) is 8.42. The Kier molecular flexibility index (Phi) is 5.19. The predicted octanol–water partition coefficient (Wildman–Crippen LogP) is 1.42. The van der Waals surface area contributed by atoms with Crippen LogP contribution in [0, 0.1) is 0 Å². The fourth-order valence-electron chi connectivity index (χ4n) is 2.52. The Morgan fingerprint density at radius 1 is 1.42 bits per heavy atom. The average Bonchev–Trinajstić information content (AvgIpc) is 2.48. The summed E-state index contributed by atoms with van der Waals surface area (Å²) in [5, 5.41) is 0. The van der Waals surface area contributed by atoms with E-state index in [1.54, 1.807) is 7.11 Å². The van der Waals surface area contributed by atoms with E-state index in [0.717, 1.165) is 38.4 Å². The molecule has 2 rings (SSSR count). The Bertz CT molecular complexity index is 409. The molecule has 1 saturated heterocycles. The van der Waals surface area contributed by atoms with Crippen LogP contribution < -0.4 is 10.5 Å². The molecule has 1 unspecified atom stereocenters. The van der Waals surface area contributed by atoms with E-state index in [1.807, 2.05) is 6.07 Å². The van der Waals surface area contributed by atoms with Crippen LogP contribution in [0.15, 0.2) is 18.2 Å².